The zero-order valence-corrected chi connectivity index (χ0v) is 15.1. The van der Waals surface area contributed by atoms with Gasteiger partial charge < -0.3 is 20.1 Å². The van der Waals surface area contributed by atoms with Gasteiger partial charge in [-0.1, -0.05) is 24.3 Å². The van der Waals surface area contributed by atoms with E-state index in [-0.39, 0.29) is 11.8 Å². The minimum Gasteiger partial charge on any atom is -0.368 e. The van der Waals surface area contributed by atoms with Gasteiger partial charge in [-0.3, -0.25) is 0 Å². The summed E-state index contributed by atoms with van der Waals surface area (Å²) in [5.41, 5.74) is 3.20. The summed E-state index contributed by atoms with van der Waals surface area (Å²) < 4.78 is 13.4. The van der Waals surface area contributed by atoms with Crippen LogP contribution >= 0.6 is 0 Å². The zero-order valence-electron chi connectivity index (χ0n) is 15.1. The molecule has 4 rings (SSSR count). The summed E-state index contributed by atoms with van der Waals surface area (Å²) >= 11 is 0. The number of para-hydroxylation sites is 1. The summed E-state index contributed by atoms with van der Waals surface area (Å²) in [6.45, 7) is 3.29. The van der Waals surface area contributed by atoms with Crippen LogP contribution in [0, 0.1) is 5.82 Å². The molecule has 1 saturated heterocycles. The first-order valence-electron chi connectivity index (χ1n) is 9.29. The van der Waals surface area contributed by atoms with E-state index in [1.807, 2.05) is 29.3 Å². The lowest BCUT2D eigenvalue weighted by Crippen LogP contribution is -2.52. The smallest absolute Gasteiger partial charge is 0.317 e. The van der Waals surface area contributed by atoms with Crippen molar-refractivity contribution in [1.82, 2.24) is 15.2 Å². The van der Waals surface area contributed by atoms with Crippen LogP contribution in [0.1, 0.15) is 5.56 Å². The molecule has 2 heterocycles. The van der Waals surface area contributed by atoms with Gasteiger partial charge in [0.15, 0.2) is 0 Å². The Kier molecular flexibility index (Phi) is 4.96. The Hall–Kier alpha value is -3.02. The second-order valence-corrected chi connectivity index (χ2v) is 6.80. The van der Waals surface area contributed by atoms with Crippen molar-refractivity contribution in [2.24, 2.45) is 0 Å². The van der Waals surface area contributed by atoms with E-state index in [1.54, 1.807) is 6.07 Å². The number of benzene rings is 2. The molecule has 2 aromatic carbocycles. The van der Waals surface area contributed by atoms with E-state index < -0.39 is 0 Å². The molecule has 0 bridgehead atoms. The summed E-state index contributed by atoms with van der Waals surface area (Å²) in [6, 6.07) is 14.7. The maximum atomic E-state index is 13.4. The van der Waals surface area contributed by atoms with Crippen molar-refractivity contribution in [1.29, 1.82) is 0 Å². The van der Waals surface area contributed by atoms with Crippen LogP contribution in [0.2, 0.25) is 0 Å². The van der Waals surface area contributed by atoms with Crippen LogP contribution in [0.25, 0.3) is 10.9 Å². The molecule has 27 heavy (non-hydrogen) atoms. The van der Waals surface area contributed by atoms with E-state index in [0.29, 0.717) is 32.7 Å². The Bertz CT molecular complexity index is 931. The molecule has 1 fully saturated rings. The largest absolute Gasteiger partial charge is 0.368 e. The molecule has 2 N–H and O–H groups in total. The molecule has 0 aliphatic carbocycles. The number of nitrogens with one attached hydrogen (secondary N) is 2. The Labute approximate surface area is 157 Å². The summed E-state index contributed by atoms with van der Waals surface area (Å²) in [5, 5.41) is 4.22. The number of carbonyl (C=O) groups is 1. The summed E-state index contributed by atoms with van der Waals surface area (Å²) in [7, 11) is 0. The maximum Gasteiger partial charge on any atom is 0.317 e. The predicted octanol–water partition coefficient (Wildman–Crippen LogP) is 3.38. The molecule has 0 saturated carbocycles. The Morgan fingerprint density at radius 3 is 2.70 bits per heavy atom. The summed E-state index contributed by atoms with van der Waals surface area (Å²) in [4.78, 5) is 19.6. The van der Waals surface area contributed by atoms with Gasteiger partial charge in [0.25, 0.3) is 0 Å². The van der Waals surface area contributed by atoms with Crippen molar-refractivity contribution in [3.05, 3.63) is 66.1 Å². The molecule has 2 amide bonds. The van der Waals surface area contributed by atoms with E-state index in [1.165, 1.54) is 23.1 Å². The van der Waals surface area contributed by atoms with Crippen LogP contribution in [-0.2, 0) is 6.42 Å². The number of carbonyl (C=O) groups excluding carboxylic acids is 1. The monoisotopic (exact) mass is 366 g/mol. The number of H-pyrrole nitrogens is 1. The number of nitrogens with zero attached hydrogens (tertiary/aromatic N) is 2. The molecule has 0 unspecified atom stereocenters. The fourth-order valence-electron chi connectivity index (χ4n) is 3.59. The highest BCUT2D eigenvalue weighted by Gasteiger charge is 2.21. The third kappa shape index (κ3) is 3.89. The molecule has 1 aromatic heterocycles. The number of aromatic nitrogens is 1. The number of aromatic amines is 1. The maximum absolute atomic E-state index is 13.4. The van der Waals surface area contributed by atoms with Gasteiger partial charge in [0.2, 0.25) is 0 Å². The number of piperazine rings is 1. The van der Waals surface area contributed by atoms with Crippen LogP contribution in [0.5, 0.6) is 0 Å². The van der Waals surface area contributed by atoms with E-state index >= 15 is 0 Å². The van der Waals surface area contributed by atoms with Gasteiger partial charge in [-0.25, -0.2) is 9.18 Å². The fraction of sp³-hybridized carbons (Fsp3) is 0.286. The first-order chi connectivity index (χ1) is 13.2. The molecular weight excluding hydrogens is 343 g/mol. The average Bonchev–Trinajstić information content (AvgIpc) is 3.11. The SMILES string of the molecule is O=C(NCCc1c[nH]c2ccccc12)N1CCN(c2cccc(F)c2)CC1. The van der Waals surface area contributed by atoms with Crippen molar-refractivity contribution in [3.63, 3.8) is 0 Å². The van der Waals surface area contributed by atoms with Crippen molar-refractivity contribution in [2.75, 3.05) is 37.6 Å². The van der Waals surface area contributed by atoms with Crippen LogP contribution in [0.15, 0.2) is 54.7 Å². The topological polar surface area (TPSA) is 51.4 Å². The number of anilines is 1. The van der Waals surface area contributed by atoms with Crippen molar-refractivity contribution in [3.8, 4) is 0 Å². The number of hydrogen-bond acceptors (Lipinski definition) is 2. The minimum absolute atomic E-state index is 0.0336. The van der Waals surface area contributed by atoms with E-state index in [2.05, 4.69) is 27.3 Å². The van der Waals surface area contributed by atoms with Gasteiger partial charge in [0.05, 0.1) is 0 Å². The van der Waals surface area contributed by atoms with Gasteiger partial charge in [-0.05, 0) is 36.2 Å². The second-order valence-electron chi connectivity index (χ2n) is 6.80. The summed E-state index contributed by atoms with van der Waals surface area (Å²) in [5.74, 6) is -0.232. The molecule has 6 heteroatoms. The van der Waals surface area contributed by atoms with Gasteiger partial charge >= 0.3 is 6.03 Å². The number of rotatable bonds is 4. The Morgan fingerprint density at radius 2 is 1.89 bits per heavy atom. The third-order valence-electron chi connectivity index (χ3n) is 5.09. The van der Waals surface area contributed by atoms with Crippen LogP contribution in [0.4, 0.5) is 14.9 Å². The average molecular weight is 366 g/mol. The lowest BCUT2D eigenvalue weighted by atomic mass is 10.1. The van der Waals surface area contributed by atoms with Crippen molar-refractivity contribution >= 4 is 22.6 Å². The van der Waals surface area contributed by atoms with Crippen LogP contribution in [0.3, 0.4) is 0 Å². The second kappa shape index (κ2) is 7.70. The minimum atomic E-state index is -0.232. The van der Waals surface area contributed by atoms with E-state index in [0.717, 1.165) is 17.6 Å². The highest BCUT2D eigenvalue weighted by atomic mass is 19.1. The first kappa shape index (κ1) is 17.4. The highest BCUT2D eigenvalue weighted by Crippen LogP contribution is 2.19. The van der Waals surface area contributed by atoms with Crippen molar-refractivity contribution in [2.45, 2.75) is 6.42 Å². The zero-order chi connectivity index (χ0) is 18.6. The number of urea groups is 1. The Balaban J connectivity index is 1.26. The lowest BCUT2D eigenvalue weighted by Gasteiger charge is -2.36. The molecule has 1 aliphatic heterocycles. The Morgan fingerprint density at radius 1 is 1.07 bits per heavy atom. The first-order valence-corrected chi connectivity index (χ1v) is 9.29. The number of amides is 2. The van der Waals surface area contributed by atoms with Gasteiger partial charge in [-0.2, -0.15) is 0 Å². The molecule has 3 aromatic rings. The summed E-state index contributed by atoms with van der Waals surface area (Å²) in [6.07, 6.45) is 2.80. The third-order valence-corrected chi connectivity index (χ3v) is 5.09. The van der Waals surface area contributed by atoms with Crippen molar-refractivity contribution < 1.29 is 9.18 Å². The number of fused-ring (bicyclic) bond motifs is 1. The highest BCUT2D eigenvalue weighted by molar-refractivity contribution is 5.83. The predicted molar refractivity (Wildman–Crippen MR) is 106 cm³/mol. The molecular formula is C21H23FN4O. The molecule has 1 aliphatic rings. The lowest BCUT2D eigenvalue weighted by molar-refractivity contribution is 0.194. The molecule has 0 spiro atoms. The molecule has 5 nitrogen and oxygen atoms in total. The molecule has 0 radical (unpaired) electrons. The fourth-order valence-corrected chi connectivity index (χ4v) is 3.59. The van der Waals surface area contributed by atoms with Gasteiger partial charge in [-0.15, -0.1) is 0 Å². The van der Waals surface area contributed by atoms with E-state index in [9.17, 15) is 9.18 Å². The van der Waals surface area contributed by atoms with E-state index in [4.69, 9.17) is 0 Å². The normalized spacial score (nSPS) is 14.6. The van der Waals surface area contributed by atoms with Crippen LogP contribution < -0.4 is 10.2 Å². The van der Waals surface area contributed by atoms with Crippen LogP contribution in [-0.4, -0.2) is 48.6 Å². The standard InChI is InChI=1S/C21H23FN4O/c22-17-4-3-5-18(14-17)25-10-12-26(13-11-25)21(27)23-9-8-16-15-24-20-7-2-1-6-19(16)20/h1-7,14-15,24H,8-13H2,(H,23,27). The quantitative estimate of drug-likeness (QED) is 0.744. The van der Waals surface area contributed by atoms with Gasteiger partial charge in [0.1, 0.15) is 5.82 Å². The number of halogens is 1. The van der Waals surface area contributed by atoms with Gasteiger partial charge in [0, 0.05) is 55.5 Å². The number of hydrogen-bond donors (Lipinski definition) is 2. The molecule has 140 valence electrons. The molecule has 0 atom stereocenters.